The van der Waals surface area contributed by atoms with Crippen LogP contribution in [0.25, 0.3) is 0 Å². The van der Waals surface area contributed by atoms with Crippen molar-refractivity contribution < 1.29 is 5.11 Å². The lowest BCUT2D eigenvalue weighted by Crippen LogP contribution is -2.22. The maximum atomic E-state index is 9.90. The van der Waals surface area contributed by atoms with Gasteiger partial charge in [-0.15, -0.1) is 0 Å². The second-order valence-corrected chi connectivity index (χ2v) is 3.35. The summed E-state index contributed by atoms with van der Waals surface area (Å²) in [4.78, 5) is 8.07. The Morgan fingerprint density at radius 1 is 1.54 bits per heavy atom. The Hall–Kier alpha value is -1.16. The van der Waals surface area contributed by atoms with Gasteiger partial charge in [0.25, 0.3) is 0 Å². The van der Waals surface area contributed by atoms with Crippen molar-refractivity contribution in [2.75, 3.05) is 5.73 Å². The van der Waals surface area contributed by atoms with E-state index in [-0.39, 0.29) is 0 Å². The fourth-order valence-corrected chi connectivity index (χ4v) is 1.05. The molecule has 0 fully saturated rings. The highest BCUT2D eigenvalue weighted by Gasteiger charge is 2.22. The number of aromatic nitrogens is 2. The van der Waals surface area contributed by atoms with E-state index in [0.717, 1.165) is 0 Å². The molecule has 3 N–H and O–H groups in total. The number of nitrogens with zero attached hydrogens (tertiary/aromatic N) is 2. The van der Waals surface area contributed by atoms with Crippen molar-refractivity contribution >= 4 is 5.82 Å². The molecule has 1 rings (SSSR count). The number of aryl methyl sites for hydroxylation is 1. The van der Waals surface area contributed by atoms with Crippen LogP contribution in [0.5, 0.6) is 0 Å². The summed E-state index contributed by atoms with van der Waals surface area (Å²) in [6.07, 6.45) is 0.600. The highest BCUT2D eigenvalue weighted by Crippen LogP contribution is 2.22. The molecule has 0 spiro atoms. The Bertz CT molecular complexity index is 289. The van der Waals surface area contributed by atoms with Gasteiger partial charge in [0.05, 0.1) is 5.69 Å². The van der Waals surface area contributed by atoms with Crippen LogP contribution in [0.2, 0.25) is 0 Å². The average molecular weight is 181 g/mol. The van der Waals surface area contributed by atoms with Gasteiger partial charge >= 0.3 is 0 Å². The Balaban J connectivity index is 3.15. The van der Waals surface area contributed by atoms with E-state index in [1.807, 2.05) is 6.92 Å². The van der Waals surface area contributed by atoms with Crippen molar-refractivity contribution in [3.63, 3.8) is 0 Å². The number of anilines is 1. The molecule has 1 heterocycles. The lowest BCUT2D eigenvalue weighted by molar-refractivity contribution is 0.0483. The molecule has 0 aliphatic heterocycles. The molecule has 4 nitrogen and oxygen atoms in total. The second-order valence-electron chi connectivity index (χ2n) is 3.35. The minimum absolute atomic E-state index is 0.399. The Morgan fingerprint density at radius 3 is 2.62 bits per heavy atom. The zero-order valence-electron chi connectivity index (χ0n) is 8.20. The summed E-state index contributed by atoms with van der Waals surface area (Å²) in [7, 11) is 0. The molecule has 72 valence electrons. The van der Waals surface area contributed by atoms with Crippen molar-refractivity contribution in [3.8, 4) is 0 Å². The van der Waals surface area contributed by atoms with Gasteiger partial charge in [-0.2, -0.15) is 0 Å². The van der Waals surface area contributed by atoms with Crippen LogP contribution in [0.15, 0.2) is 6.07 Å². The van der Waals surface area contributed by atoms with E-state index in [4.69, 9.17) is 5.73 Å². The Morgan fingerprint density at radius 2 is 2.15 bits per heavy atom. The summed E-state index contributed by atoms with van der Waals surface area (Å²) < 4.78 is 0. The van der Waals surface area contributed by atoms with Crippen LogP contribution in [0, 0.1) is 6.92 Å². The third-order valence-electron chi connectivity index (χ3n) is 2.10. The van der Waals surface area contributed by atoms with Crippen LogP contribution in [0.4, 0.5) is 5.82 Å². The highest BCUT2D eigenvalue weighted by molar-refractivity contribution is 5.31. The molecular formula is C9H15N3O. The molecule has 0 bridgehead atoms. The minimum Gasteiger partial charge on any atom is -0.384 e. The minimum atomic E-state index is -0.915. The molecule has 1 atom stereocenters. The van der Waals surface area contributed by atoms with Crippen molar-refractivity contribution in [2.24, 2.45) is 0 Å². The zero-order valence-corrected chi connectivity index (χ0v) is 8.20. The topological polar surface area (TPSA) is 72.0 Å². The molecule has 1 aromatic heterocycles. The summed E-state index contributed by atoms with van der Waals surface area (Å²) >= 11 is 0. The first-order chi connectivity index (χ1) is 5.95. The van der Waals surface area contributed by atoms with Gasteiger partial charge in [0, 0.05) is 6.07 Å². The van der Waals surface area contributed by atoms with Crippen LogP contribution in [-0.4, -0.2) is 15.1 Å². The summed E-state index contributed by atoms with van der Waals surface area (Å²) in [6, 6.07) is 1.61. The van der Waals surface area contributed by atoms with Crippen LogP contribution in [-0.2, 0) is 5.60 Å². The normalized spacial score (nSPS) is 15.4. The average Bonchev–Trinajstić information content (AvgIpc) is 2.02. The highest BCUT2D eigenvalue weighted by atomic mass is 16.3. The molecule has 0 aliphatic rings. The number of aliphatic hydroxyl groups is 1. The third kappa shape index (κ3) is 2.15. The molecule has 1 aromatic rings. The predicted molar refractivity (Wildman–Crippen MR) is 51.0 cm³/mol. The number of nitrogens with two attached hydrogens (primary N) is 1. The van der Waals surface area contributed by atoms with E-state index in [1.54, 1.807) is 19.9 Å². The molecule has 0 amide bonds. The third-order valence-corrected chi connectivity index (χ3v) is 2.10. The van der Waals surface area contributed by atoms with Crippen molar-refractivity contribution in [1.29, 1.82) is 0 Å². The van der Waals surface area contributed by atoms with E-state index in [0.29, 0.717) is 23.8 Å². The van der Waals surface area contributed by atoms with Crippen molar-refractivity contribution in [1.82, 2.24) is 9.97 Å². The molecule has 13 heavy (non-hydrogen) atoms. The van der Waals surface area contributed by atoms with E-state index in [9.17, 15) is 5.11 Å². The standard InChI is InChI=1S/C9H15N3O/c1-4-9(3,13)7-5-8(10)12-6(2)11-7/h5,13H,4H2,1-3H3,(H2,10,11,12). The van der Waals surface area contributed by atoms with Gasteiger partial charge in [-0.05, 0) is 20.3 Å². The maximum absolute atomic E-state index is 9.90. The van der Waals surface area contributed by atoms with Crippen molar-refractivity contribution in [2.45, 2.75) is 32.8 Å². The molecule has 4 heteroatoms. The quantitative estimate of drug-likeness (QED) is 0.713. The number of hydrogen-bond acceptors (Lipinski definition) is 4. The molecule has 0 saturated carbocycles. The van der Waals surface area contributed by atoms with Gasteiger partial charge in [0.2, 0.25) is 0 Å². The van der Waals surface area contributed by atoms with E-state index in [1.165, 1.54) is 0 Å². The second kappa shape index (κ2) is 3.30. The Kier molecular flexibility index (Phi) is 2.52. The molecule has 0 aromatic carbocycles. The zero-order chi connectivity index (χ0) is 10.1. The SMILES string of the molecule is CCC(C)(O)c1cc(N)nc(C)n1. The van der Waals surface area contributed by atoms with E-state index < -0.39 is 5.60 Å². The monoisotopic (exact) mass is 181 g/mol. The number of hydrogen-bond donors (Lipinski definition) is 2. The fraction of sp³-hybridized carbons (Fsp3) is 0.556. The summed E-state index contributed by atoms with van der Waals surface area (Å²) in [5.74, 6) is 0.986. The van der Waals surface area contributed by atoms with Gasteiger partial charge in [0.15, 0.2) is 0 Å². The largest absolute Gasteiger partial charge is 0.384 e. The number of rotatable bonds is 2. The fourth-order valence-electron chi connectivity index (χ4n) is 1.05. The van der Waals surface area contributed by atoms with Crippen molar-refractivity contribution in [3.05, 3.63) is 17.6 Å². The maximum Gasteiger partial charge on any atom is 0.128 e. The van der Waals surface area contributed by atoms with Crippen LogP contribution in [0.3, 0.4) is 0 Å². The smallest absolute Gasteiger partial charge is 0.128 e. The molecule has 0 saturated heterocycles. The van der Waals surface area contributed by atoms with Gasteiger partial charge in [-0.3, -0.25) is 0 Å². The molecular weight excluding hydrogens is 166 g/mol. The Labute approximate surface area is 77.8 Å². The van der Waals surface area contributed by atoms with Gasteiger partial charge in [0.1, 0.15) is 17.2 Å². The van der Waals surface area contributed by atoms with E-state index >= 15 is 0 Å². The predicted octanol–water partition coefficient (Wildman–Crippen LogP) is 0.985. The van der Waals surface area contributed by atoms with Crippen LogP contribution in [0.1, 0.15) is 31.8 Å². The first-order valence-electron chi connectivity index (χ1n) is 4.29. The molecule has 1 unspecified atom stereocenters. The first kappa shape index (κ1) is 9.92. The van der Waals surface area contributed by atoms with Crippen LogP contribution >= 0.6 is 0 Å². The molecule has 0 aliphatic carbocycles. The summed E-state index contributed by atoms with van der Waals surface area (Å²) in [5, 5.41) is 9.90. The van der Waals surface area contributed by atoms with Gasteiger partial charge in [-0.25, -0.2) is 9.97 Å². The van der Waals surface area contributed by atoms with Crippen LogP contribution < -0.4 is 5.73 Å². The lowest BCUT2D eigenvalue weighted by Gasteiger charge is -2.20. The first-order valence-corrected chi connectivity index (χ1v) is 4.29. The van der Waals surface area contributed by atoms with Gasteiger partial charge < -0.3 is 10.8 Å². The van der Waals surface area contributed by atoms with Gasteiger partial charge in [-0.1, -0.05) is 6.92 Å². The summed E-state index contributed by atoms with van der Waals surface area (Å²) in [6.45, 7) is 5.37. The molecule has 0 radical (unpaired) electrons. The van der Waals surface area contributed by atoms with E-state index in [2.05, 4.69) is 9.97 Å². The summed E-state index contributed by atoms with van der Waals surface area (Å²) in [5.41, 5.74) is 5.22. The number of nitrogen functional groups attached to an aromatic ring is 1. The lowest BCUT2D eigenvalue weighted by atomic mass is 9.99.